The lowest BCUT2D eigenvalue weighted by Crippen LogP contribution is -2.61. The molecular weight excluding hydrogens is 298 g/mol. The predicted octanol–water partition coefficient (Wildman–Crippen LogP) is 0.763. The second-order valence-electron chi connectivity index (χ2n) is 6.22. The number of aryl methyl sites for hydroxylation is 1. The molecule has 23 heavy (non-hydrogen) atoms. The van der Waals surface area contributed by atoms with Crippen molar-refractivity contribution >= 4 is 11.9 Å². The predicted molar refractivity (Wildman–Crippen MR) is 81.6 cm³/mol. The molecule has 1 aromatic rings. The van der Waals surface area contributed by atoms with Crippen molar-refractivity contribution in [1.29, 1.82) is 0 Å². The van der Waals surface area contributed by atoms with E-state index in [0.717, 1.165) is 25.7 Å². The smallest absolute Gasteiger partial charge is 0.318 e. The summed E-state index contributed by atoms with van der Waals surface area (Å²) in [6, 6.07) is -0.562. The van der Waals surface area contributed by atoms with Crippen molar-refractivity contribution in [1.82, 2.24) is 25.7 Å². The fraction of sp³-hybridized carbons (Fsp3) is 0.733. The number of rotatable bonds is 3. The van der Waals surface area contributed by atoms with Gasteiger partial charge in [0.05, 0.1) is 6.42 Å². The summed E-state index contributed by atoms with van der Waals surface area (Å²) in [5.41, 5.74) is 0. The molecular formula is C15H23N5O3. The second-order valence-corrected chi connectivity index (χ2v) is 6.22. The van der Waals surface area contributed by atoms with E-state index in [1.165, 1.54) is 6.42 Å². The first-order chi connectivity index (χ1) is 11.1. The molecule has 0 radical (unpaired) electrons. The maximum atomic E-state index is 12.6. The van der Waals surface area contributed by atoms with Crippen molar-refractivity contribution in [2.24, 2.45) is 0 Å². The van der Waals surface area contributed by atoms with Crippen molar-refractivity contribution in [3.05, 3.63) is 11.7 Å². The van der Waals surface area contributed by atoms with Gasteiger partial charge in [-0.1, -0.05) is 24.4 Å². The van der Waals surface area contributed by atoms with E-state index in [-0.39, 0.29) is 24.4 Å². The summed E-state index contributed by atoms with van der Waals surface area (Å²) < 4.78 is 5.09. The fourth-order valence-corrected chi connectivity index (χ4v) is 3.25. The van der Waals surface area contributed by atoms with Crippen LogP contribution in [0.4, 0.5) is 4.79 Å². The zero-order chi connectivity index (χ0) is 16.2. The molecule has 1 saturated carbocycles. The Bertz CT molecular complexity index is 567. The van der Waals surface area contributed by atoms with E-state index in [4.69, 9.17) is 4.52 Å². The van der Waals surface area contributed by atoms with Crippen LogP contribution in [0.25, 0.3) is 0 Å². The molecule has 0 aromatic carbocycles. The minimum Gasteiger partial charge on any atom is -0.353 e. The van der Waals surface area contributed by atoms with Gasteiger partial charge in [-0.25, -0.2) is 4.79 Å². The highest BCUT2D eigenvalue weighted by Crippen LogP contribution is 2.18. The van der Waals surface area contributed by atoms with Crippen LogP contribution in [0, 0.1) is 6.92 Å². The summed E-state index contributed by atoms with van der Waals surface area (Å²) in [6.07, 6.45) is 5.80. The van der Waals surface area contributed by atoms with Crippen molar-refractivity contribution in [2.45, 2.75) is 57.5 Å². The number of hydrogen-bond donors (Lipinski definition) is 2. The molecule has 2 N–H and O–H groups in total. The van der Waals surface area contributed by atoms with Gasteiger partial charge in [0.25, 0.3) is 0 Å². The maximum absolute atomic E-state index is 12.6. The number of amides is 3. The average molecular weight is 321 g/mol. The van der Waals surface area contributed by atoms with E-state index in [2.05, 4.69) is 20.8 Å². The molecule has 3 amide bonds. The van der Waals surface area contributed by atoms with Crippen LogP contribution in [-0.4, -0.2) is 52.2 Å². The Morgan fingerprint density at radius 1 is 1.39 bits per heavy atom. The minimum absolute atomic E-state index is 0.173. The van der Waals surface area contributed by atoms with Crippen LogP contribution in [-0.2, 0) is 11.2 Å². The molecule has 1 aliphatic heterocycles. The van der Waals surface area contributed by atoms with Crippen molar-refractivity contribution in [3.63, 3.8) is 0 Å². The highest BCUT2D eigenvalue weighted by atomic mass is 16.5. The van der Waals surface area contributed by atoms with Crippen molar-refractivity contribution in [3.8, 4) is 0 Å². The molecule has 1 aromatic heterocycles. The Hall–Kier alpha value is -2.12. The lowest BCUT2D eigenvalue weighted by atomic mass is 9.95. The molecule has 1 atom stereocenters. The molecule has 126 valence electrons. The zero-order valence-electron chi connectivity index (χ0n) is 13.4. The van der Waals surface area contributed by atoms with Crippen LogP contribution in [0.1, 0.15) is 43.8 Å². The van der Waals surface area contributed by atoms with Crippen LogP contribution >= 0.6 is 0 Å². The Morgan fingerprint density at radius 3 is 2.87 bits per heavy atom. The highest BCUT2D eigenvalue weighted by Gasteiger charge is 2.35. The third kappa shape index (κ3) is 3.80. The van der Waals surface area contributed by atoms with E-state index in [1.54, 1.807) is 11.8 Å². The van der Waals surface area contributed by atoms with E-state index >= 15 is 0 Å². The first-order valence-corrected chi connectivity index (χ1v) is 8.27. The average Bonchev–Trinajstić information content (AvgIpc) is 2.95. The fourth-order valence-electron chi connectivity index (χ4n) is 3.25. The Kier molecular flexibility index (Phi) is 4.78. The third-order valence-corrected chi connectivity index (χ3v) is 4.46. The first-order valence-electron chi connectivity index (χ1n) is 8.27. The summed E-state index contributed by atoms with van der Waals surface area (Å²) in [4.78, 5) is 30.5. The largest absolute Gasteiger partial charge is 0.353 e. The summed E-state index contributed by atoms with van der Waals surface area (Å²) in [7, 11) is 0. The van der Waals surface area contributed by atoms with Gasteiger partial charge in [0, 0.05) is 19.1 Å². The van der Waals surface area contributed by atoms with Crippen molar-refractivity contribution in [2.75, 3.05) is 13.1 Å². The summed E-state index contributed by atoms with van der Waals surface area (Å²) in [5.74, 6) is 0.723. The normalized spacial score (nSPS) is 22.7. The number of urea groups is 1. The van der Waals surface area contributed by atoms with Gasteiger partial charge in [0.15, 0.2) is 5.82 Å². The number of carbonyl (C=O) groups excluding carboxylic acids is 2. The van der Waals surface area contributed by atoms with E-state index in [0.29, 0.717) is 24.8 Å². The molecule has 1 unspecified atom stereocenters. The molecule has 8 heteroatoms. The van der Waals surface area contributed by atoms with Crippen molar-refractivity contribution < 1.29 is 14.1 Å². The number of nitrogens with zero attached hydrogens (tertiary/aromatic N) is 3. The zero-order valence-corrected chi connectivity index (χ0v) is 13.4. The third-order valence-electron chi connectivity index (χ3n) is 4.46. The Labute approximate surface area is 135 Å². The molecule has 0 spiro atoms. The molecule has 2 aliphatic rings. The van der Waals surface area contributed by atoms with E-state index < -0.39 is 6.04 Å². The van der Waals surface area contributed by atoms with Crippen LogP contribution in [0.5, 0.6) is 0 Å². The van der Waals surface area contributed by atoms with Gasteiger partial charge >= 0.3 is 6.03 Å². The molecule has 1 saturated heterocycles. The number of piperazine rings is 1. The first kappa shape index (κ1) is 15.8. The topological polar surface area (TPSA) is 100 Å². The monoisotopic (exact) mass is 321 g/mol. The van der Waals surface area contributed by atoms with Gasteiger partial charge in [0.1, 0.15) is 6.04 Å². The second kappa shape index (κ2) is 6.97. The van der Waals surface area contributed by atoms with Gasteiger partial charge in [-0.2, -0.15) is 4.98 Å². The van der Waals surface area contributed by atoms with Gasteiger partial charge in [-0.05, 0) is 19.8 Å². The SMILES string of the molecule is Cc1noc(CC2C(=O)NCCN2C(=O)NC2CCCCC2)n1. The quantitative estimate of drug-likeness (QED) is 0.856. The number of nitrogens with one attached hydrogen (secondary N) is 2. The van der Waals surface area contributed by atoms with Gasteiger partial charge < -0.3 is 20.1 Å². The molecule has 1 aliphatic carbocycles. The molecule has 2 fully saturated rings. The Balaban J connectivity index is 1.66. The van der Waals surface area contributed by atoms with Gasteiger partial charge in [-0.15, -0.1) is 0 Å². The number of aromatic nitrogens is 2. The van der Waals surface area contributed by atoms with Crippen LogP contribution < -0.4 is 10.6 Å². The molecule has 0 bridgehead atoms. The van der Waals surface area contributed by atoms with Crippen LogP contribution in [0.2, 0.25) is 0 Å². The summed E-state index contributed by atoms with van der Waals surface area (Å²) in [6.45, 7) is 2.68. The standard InChI is InChI=1S/C15H23N5O3/c1-10-17-13(23-19-10)9-12-14(21)16-7-8-20(12)15(22)18-11-5-3-2-4-6-11/h11-12H,2-9H2,1H3,(H,16,21)(H,18,22). The van der Waals surface area contributed by atoms with E-state index in [1.807, 2.05) is 0 Å². The van der Waals surface area contributed by atoms with E-state index in [9.17, 15) is 9.59 Å². The lowest BCUT2D eigenvalue weighted by molar-refractivity contribution is -0.127. The van der Waals surface area contributed by atoms with Gasteiger partial charge in [0.2, 0.25) is 11.8 Å². The summed E-state index contributed by atoms with van der Waals surface area (Å²) >= 11 is 0. The maximum Gasteiger partial charge on any atom is 0.318 e. The highest BCUT2D eigenvalue weighted by molar-refractivity contribution is 5.88. The minimum atomic E-state index is -0.604. The number of carbonyl (C=O) groups is 2. The molecule has 2 heterocycles. The lowest BCUT2D eigenvalue weighted by Gasteiger charge is -2.36. The molecule has 8 nitrogen and oxygen atoms in total. The summed E-state index contributed by atoms with van der Waals surface area (Å²) in [5, 5.41) is 9.60. The Morgan fingerprint density at radius 2 is 2.17 bits per heavy atom. The number of hydrogen-bond acceptors (Lipinski definition) is 5. The van der Waals surface area contributed by atoms with Crippen LogP contribution in [0.3, 0.4) is 0 Å². The van der Waals surface area contributed by atoms with Gasteiger partial charge in [-0.3, -0.25) is 4.79 Å². The van der Waals surface area contributed by atoms with Crippen LogP contribution in [0.15, 0.2) is 4.52 Å². The molecule has 3 rings (SSSR count).